The van der Waals surface area contributed by atoms with Crippen LogP contribution in [0.15, 0.2) is 0 Å². The molecule has 3 nitrogen and oxygen atoms in total. The van der Waals surface area contributed by atoms with Crippen molar-refractivity contribution in [1.29, 1.82) is 0 Å². The van der Waals surface area contributed by atoms with Crippen LogP contribution >= 0.6 is 0 Å². The van der Waals surface area contributed by atoms with Crippen LogP contribution in [0.4, 0.5) is 0 Å². The molecule has 1 heterocycles. The largest absolute Gasteiger partial charge is 0.344 e. The van der Waals surface area contributed by atoms with Crippen LogP contribution in [0.25, 0.3) is 0 Å². The van der Waals surface area contributed by atoms with E-state index in [2.05, 4.69) is 12.2 Å². The second-order valence-electron chi connectivity index (χ2n) is 4.12. The number of hydrogen-bond donors (Lipinski definition) is 1. The fraction of sp³-hybridized carbons (Fsp3) is 0.909. The van der Waals surface area contributed by atoms with Crippen molar-refractivity contribution in [2.45, 2.75) is 45.1 Å². The Kier molecular flexibility index (Phi) is 4.94. The van der Waals surface area contributed by atoms with Gasteiger partial charge in [-0.25, -0.2) is 0 Å². The summed E-state index contributed by atoms with van der Waals surface area (Å²) in [5.74, 6) is 0.276. The molecule has 0 aromatic carbocycles. The lowest BCUT2D eigenvalue weighted by Crippen LogP contribution is -2.41. The molecule has 0 bridgehead atoms. The van der Waals surface area contributed by atoms with Gasteiger partial charge in [0.25, 0.3) is 0 Å². The predicted molar refractivity (Wildman–Crippen MR) is 58.2 cm³/mol. The molecule has 3 heteroatoms. The van der Waals surface area contributed by atoms with Crippen LogP contribution < -0.4 is 5.32 Å². The second kappa shape index (κ2) is 6.02. The third-order valence-electron chi connectivity index (χ3n) is 2.83. The summed E-state index contributed by atoms with van der Waals surface area (Å²) >= 11 is 0. The van der Waals surface area contributed by atoms with Gasteiger partial charge in [0.2, 0.25) is 5.91 Å². The third kappa shape index (κ3) is 3.29. The standard InChI is InChI=1S/C11H22N2O/c1-3-4-5-9-13(2)11(14)10-7-6-8-12-10/h10,12H,3-9H2,1-2H3. The second-order valence-corrected chi connectivity index (χ2v) is 4.12. The highest BCUT2D eigenvalue weighted by Crippen LogP contribution is 2.08. The molecule has 1 atom stereocenters. The molecule has 0 aromatic rings. The SMILES string of the molecule is CCCCCN(C)C(=O)C1CCCN1. The highest BCUT2D eigenvalue weighted by molar-refractivity contribution is 5.81. The minimum absolute atomic E-state index is 0.0987. The molecule has 0 spiro atoms. The maximum absolute atomic E-state index is 11.8. The Balaban J connectivity index is 2.21. The maximum Gasteiger partial charge on any atom is 0.239 e. The molecule has 1 aliphatic heterocycles. The fourth-order valence-electron chi connectivity index (χ4n) is 1.87. The van der Waals surface area contributed by atoms with Gasteiger partial charge in [0.05, 0.1) is 6.04 Å². The van der Waals surface area contributed by atoms with Crippen LogP contribution in [-0.2, 0) is 4.79 Å². The van der Waals surface area contributed by atoms with E-state index in [4.69, 9.17) is 0 Å². The number of nitrogens with one attached hydrogen (secondary N) is 1. The number of unbranched alkanes of at least 4 members (excludes halogenated alkanes) is 2. The number of rotatable bonds is 5. The average molecular weight is 198 g/mol. The molecule has 82 valence electrons. The zero-order valence-corrected chi connectivity index (χ0v) is 9.38. The Morgan fingerprint density at radius 2 is 2.29 bits per heavy atom. The van der Waals surface area contributed by atoms with Gasteiger partial charge < -0.3 is 10.2 Å². The fourth-order valence-corrected chi connectivity index (χ4v) is 1.87. The molecular weight excluding hydrogens is 176 g/mol. The molecule has 0 radical (unpaired) electrons. The van der Waals surface area contributed by atoms with Gasteiger partial charge in [-0.15, -0.1) is 0 Å². The van der Waals surface area contributed by atoms with Crippen LogP contribution in [0.5, 0.6) is 0 Å². The first-order chi connectivity index (χ1) is 6.75. The number of amides is 1. The van der Waals surface area contributed by atoms with Crippen molar-refractivity contribution in [2.24, 2.45) is 0 Å². The molecule has 1 aliphatic rings. The van der Waals surface area contributed by atoms with Crippen molar-refractivity contribution in [3.63, 3.8) is 0 Å². The van der Waals surface area contributed by atoms with Gasteiger partial charge in [0.1, 0.15) is 0 Å². The molecule has 0 saturated carbocycles. The monoisotopic (exact) mass is 198 g/mol. The van der Waals surface area contributed by atoms with Gasteiger partial charge in [-0.2, -0.15) is 0 Å². The van der Waals surface area contributed by atoms with Gasteiger partial charge in [-0.3, -0.25) is 4.79 Å². The van der Waals surface area contributed by atoms with Crippen LogP contribution in [0, 0.1) is 0 Å². The number of likely N-dealkylation sites (N-methyl/N-ethyl adjacent to an activating group) is 1. The first-order valence-corrected chi connectivity index (χ1v) is 5.74. The van der Waals surface area contributed by atoms with Crippen molar-refractivity contribution >= 4 is 5.91 Å². The number of hydrogen-bond acceptors (Lipinski definition) is 2. The average Bonchev–Trinajstić information content (AvgIpc) is 2.69. The Morgan fingerprint density at radius 3 is 2.86 bits per heavy atom. The summed E-state index contributed by atoms with van der Waals surface area (Å²) in [5.41, 5.74) is 0. The quantitative estimate of drug-likeness (QED) is 0.677. The first-order valence-electron chi connectivity index (χ1n) is 5.74. The molecule has 0 aromatic heterocycles. The van der Waals surface area contributed by atoms with Crippen LogP contribution in [0.3, 0.4) is 0 Å². The highest BCUT2D eigenvalue weighted by Gasteiger charge is 2.24. The molecule has 1 fully saturated rings. The van der Waals surface area contributed by atoms with Crippen molar-refractivity contribution < 1.29 is 4.79 Å². The number of carbonyl (C=O) groups excluding carboxylic acids is 1. The molecule has 1 N–H and O–H groups in total. The molecule has 0 aliphatic carbocycles. The molecule has 1 saturated heterocycles. The summed E-state index contributed by atoms with van der Waals surface area (Å²) in [7, 11) is 1.91. The van der Waals surface area contributed by atoms with Gasteiger partial charge in [0.15, 0.2) is 0 Å². The lowest BCUT2D eigenvalue weighted by atomic mass is 10.2. The summed E-state index contributed by atoms with van der Waals surface area (Å²) < 4.78 is 0. The van der Waals surface area contributed by atoms with Crippen molar-refractivity contribution in [1.82, 2.24) is 10.2 Å². The van der Waals surface area contributed by atoms with E-state index in [1.54, 1.807) is 0 Å². The van der Waals surface area contributed by atoms with E-state index in [1.807, 2.05) is 11.9 Å². The van der Waals surface area contributed by atoms with Gasteiger partial charge in [0, 0.05) is 13.6 Å². The topological polar surface area (TPSA) is 32.3 Å². The smallest absolute Gasteiger partial charge is 0.239 e. The van der Waals surface area contributed by atoms with Gasteiger partial charge in [-0.05, 0) is 25.8 Å². The Hall–Kier alpha value is -0.570. The van der Waals surface area contributed by atoms with E-state index in [9.17, 15) is 4.79 Å². The number of nitrogens with zero attached hydrogens (tertiary/aromatic N) is 1. The van der Waals surface area contributed by atoms with E-state index in [0.717, 1.165) is 32.4 Å². The van der Waals surface area contributed by atoms with E-state index in [0.29, 0.717) is 0 Å². The Morgan fingerprint density at radius 1 is 1.50 bits per heavy atom. The van der Waals surface area contributed by atoms with Crippen LogP contribution in [0.1, 0.15) is 39.0 Å². The van der Waals surface area contributed by atoms with Crippen molar-refractivity contribution in [3.8, 4) is 0 Å². The van der Waals surface area contributed by atoms with E-state index in [1.165, 1.54) is 12.8 Å². The predicted octanol–water partition coefficient (Wildman–Crippen LogP) is 1.39. The molecule has 14 heavy (non-hydrogen) atoms. The minimum atomic E-state index is 0.0987. The number of carbonyl (C=O) groups is 1. The van der Waals surface area contributed by atoms with E-state index in [-0.39, 0.29) is 11.9 Å². The Bertz CT molecular complexity index is 176. The molecular formula is C11H22N2O. The summed E-state index contributed by atoms with van der Waals surface area (Å²) in [5, 5.41) is 3.24. The van der Waals surface area contributed by atoms with E-state index >= 15 is 0 Å². The zero-order chi connectivity index (χ0) is 10.4. The van der Waals surface area contributed by atoms with Crippen molar-refractivity contribution in [2.75, 3.05) is 20.1 Å². The minimum Gasteiger partial charge on any atom is -0.344 e. The summed E-state index contributed by atoms with van der Waals surface area (Å²) in [4.78, 5) is 13.7. The molecule has 1 rings (SSSR count). The zero-order valence-electron chi connectivity index (χ0n) is 9.38. The van der Waals surface area contributed by atoms with Crippen LogP contribution in [-0.4, -0.2) is 37.0 Å². The van der Waals surface area contributed by atoms with Gasteiger partial charge >= 0.3 is 0 Å². The highest BCUT2D eigenvalue weighted by atomic mass is 16.2. The normalized spacial score (nSPS) is 21.1. The Labute approximate surface area is 86.9 Å². The lowest BCUT2D eigenvalue weighted by molar-refractivity contribution is -0.131. The summed E-state index contributed by atoms with van der Waals surface area (Å²) in [6, 6.07) is 0.0987. The third-order valence-corrected chi connectivity index (χ3v) is 2.83. The molecule has 1 unspecified atom stereocenters. The first kappa shape index (κ1) is 11.5. The van der Waals surface area contributed by atoms with Gasteiger partial charge in [-0.1, -0.05) is 19.8 Å². The van der Waals surface area contributed by atoms with Crippen LogP contribution in [0.2, 0.25) is 0 Å². The molecule has 1 amide bonds. The van der Waals surface area contributed by atoms with E-state index < -0.39 is 0 Å². The maximum atomic E-state index is 11.8. The summed E-state index contributed by atoms with van der Waals surface area (Å²) in [6.07, 6.45) is 5.71. The lowest BCUT2D eigenvalue weighted by Gasteiger charge is -2.20. The van der Waals surface area contributed by atoms with Crippen molar-refractivity contribution in [3.05, 3.63) is 0 Å². The summed E-state index contributed by atoms with van der Waals surface area (Å²) in [6.45, 7) is 4.09.